The van der Waals surface area contributed by atoms with Crippen molar-refractivity contribution in [3.8, 4) is 0 Å². The number of fused-ring (bicyclic) bond motifs is 1. The third kappa shape index (κ3) is 5.42. The number of aromatic nitrogens is 2. The van der Waals surface area contributed by atoms with Crippen molar-refractivity contribution in [3.63, 3.8) is 0 Å². The van der Waals surface area contributed by atoms with Gasteiger partial charge < -0.3 is 16.0 Å². The summed E-state index contributed by atoms with van der Waals surface area (Å²) >= 11 is 5.60. The molecule has 0 saturated carbocycles. The lowest BCUT2D eigenvalue weighted by molar-refractivity contribution is -0.137. The van der Waals surface area contributed by atoms with Gasteiger partial charge in [0.15, 0.2) is 0 Å². The fourth-order valence-corrected chi connectivity index (χ4v) is 4.07. The number of urea groups is 2. The Labute approximate surface area is 219 Å². The van der Waals surface area contributed by atoms with E-state index >= 15 is 0 Å². The van der Waals surface area contributed by atoms with Gasteiger partial charge in [-0.25, -0.2) is 19.0 Å². The molecule has 200 valence electrons. The lowest BCUT2D eigenvalue weighted by Crippen LogP contribution is -2.51. The zero-order valence-electron chi connectivity index (χ0n) is 20.3. The molecule has 0 bridgehead atoms. The van der Waals surface area contributed by atoms with Gasteiger partial charge in [0.05, 0.1) is 22.8 Å². The molecule has 1 aromatic heterocycles. The Bertz CT molecular complexity index is 1400. The van der Waals surface area contributed by atoms with Crippen LogP contribution in [0.2, 0.25) is 5.02 Å². The van der Waals surface area contributed by atoms with Crippen LogP contribution in [0.3, 0.4) is 0 Å². The summed E-state index contributed by atoms with van der Waals surface area (Å²) < 4.78 is 53.9. The molecule has 14 heteroatoms. The Morgan fingerprint density at radius 1 is 1.13 bits per heavy atom. The van der Waals surface area contributed by atoms with Gasteiger partial charge in [-0.1, -0.05) is 11.6 Å². The predicted octanol–water partition coefficient (Wildman–Crippen LogP) is 6.33. The summed E-state index contributed by atoms with van der Waals surface area (Å²) in [4.78, 5) is 37.3. The van der Waals surface area contributed by atoms with Gasteiger partial charge in [0.25, 0.3) is 0 Å². The van der Waals surface area contributed by atoms with Crippen LogP contribution < -0.4 is 25.8 Å². The van der Waals surface area contributed by atoms with Crippen LogP contribution in [0.1, 0.15) is 25.0 Å². The molecule has 3 aromatic rings. The standard InChI is InChI=1S/C24H22ClF4N7O2/c1-12(2)36-20-13(10-31-21(30-3)34-20)11-35(23(36)38)15-5-7-18(26)19(9-15)33-22(37)32-14-4-6-17(25)16(8-14)24(27,28)29/h4-10,12H,11H2,1-3H3,(H,30,31,34)(H2,32,33,37). The number of nitrogens with zero attached hydrogens (tertiary/aromatic N) is 4. The van der Waals surface area contributed by atoms with Crippen molar-refractivity contribution in [2.75, 3.05) is 32.8 Å². The summed E-state index contributed by atoms with van der Waals surface area (Å²) in [6.07, 6.45) is -3.14. The van der Waals surface area contributed by atoms with Gasteiger partial charge in [0, 0.05) is 36.2 Å². The first-order valence-electron chi connectivity index (χ1n) is 11.3. The van der Waals surface area contributed by atoms with Crippen molar-refractivity contribution in [2.24, 2.45) is 0 Å². The fraction of sp³-hybridized carbons (Fsp3) is 0.250. The fourth-order valence-electron chi connectivity index (χ4n) is 3.85. The van der Waals surface area contributed by atoms with Gasteiger partial charge in [0.1, 0.15) is 11.6 Å². The molecule has 0 atom stereocenters. The third-order valence-corrected chi connectivity index (χ3v) is 5.94. The molecule has 4 rings (SSSR count). The first-order chi connectivity index (χ1) is 17.9. The molecule has 2 heterocycles. The second-order valence-electron chi connectivity index (χ2n) is 8.56. The Balaban J connectivity index is 1.59. The first kappa shape index (κ1) is 26.9. The maximum Gasteiger partial charge on any atom is 0.417 e. The molecule has 3 N–H and O–H groups in total. The molecule has 0 radical (unpaired) electrons. The smallest absolute Gasteiger partial charge is 0.357 e. The van der Waals surface area contributed by atoms with Crippen molar-refractivity contribution in [2.45, 2.75) is 32.6 Å². The lowest BCUT2D eigenvalue weighted by atomic mass is 10.1. The average Bonchev–Trinajstić information content (AvgIpc) is 2.85. The molecule has 4 amide bonds. The number of benzene rings is 2. The number of nitrogens with one attached hydrogen (secondary N) is 3. The van der Waals surface area contributed by atoms with Crippen LogP contribution >= 0.6 is 11.6 Å². The number of carbonyl (C=O) groups excluding carboxylic acids is 2. The number of rotatable bonds is 5. The minimum Gasteiger partial charge on any atom is -0.357 e. The molecule has 0 aliphatic carbocycles. The number of anilines is 5. The van der Waals surface area contributed by atoms with Crippen molar-refractivity contribution in [3.05, 3.63) is 64.6 Å². The average molecular weight is 552 g/mol. The van der Waals surface area contributed by atoms with Crippen LogP contribution in [-0.4, -0.2) is 35.1 Å². The Morgan fingerprint density at radius 3 is 2.53 bits per heavy atom. The maximum atomic E-state index is 14.6. The molecule has 1 aliphatic heterocycles. The lowest BCUT2D eigenvalue weighted by Gasteiger charge is -2.38. The van der Waals surface area contributed by atoms with E-state index in [0.29, 0.717) is 23.4 Å². The second-order valence-corrected chi connectivity index (χ2v) is 8.97. The minimum absolute atomic E-state index is 0.0869. The van der Waals surface area contributed by atoms with E-state index in [4.69, 9.17) is 11.6 Å². The van der Waals surface area contributed by atoms with Gasteiger partial charge in [-0.2, -0.15) is 18.2 Å². The molecule has 0 fully saturated rings. The Kier molecular flexibility index (Phi) is 7.31. The summed E-state index contributed by atoms with van der Waals surface area (Å²) in [5.41, 5.74) is -0.702. The molecule has 0 spiro atoms. The van der Waals surface area contributed by atoms with Crippen LogP contribution in [0.4, 0.5) is 56.0 Å². The van der Waals surface area contributed by atoms with Crippen molar-refractivity contribution >= 4 is 52.5 Å². The van der Waals surface area contributed by atoms with Crippen molar-refractivity contribution in [1.82, 2.24) is 9.97 Å². The second kappa shape index (κ2) is 10.3. The van der Waals surface area contributed by atoms with Crippen molar-refractivity contribution in [1.29, 1.82) is 0 Å². The van der Waals surface area contributed by atoms with Crippen LogP contribution in [-0.2, 0) is 12.7 Å². The Hall–Kier alpha value is -4.13. The molecule has 2 aromatic carbocycles. The molecular weight excluding hydrogens is 530 g/mol. The van der Waals surface area contributed by atoms with E-state index in [2.05, 4.69) is 25.9 Å². The third-order valence-electron chi connectivity index (χ3n) is 5.61. The molecule has 1 aliphatic rings. The SMILES string of the molecule is CNc1ncc2c(n1)N(C(C)C)C(=O)N(c1ccc(F)c(NC(=O)Nc3ccc(Cl)c(C(F)(F)F)c3)c1)C2. The van der Waals surface area contributed by atoms with Gasteiger partial charge in [-0.15, -0.1) is 0 Å². The highest BCUT2D eigenvalue weighted by Crippen LogP contribution is 2.37. The number of hydrogen-bond acceptors (Lipinski definition) is 5. The zero-order chi connectivity index (χ0) is 27.8. The largest absolute Gasteiger partial charge is 0.417 e. The van der Waals surface area contributed by atoms with Crippen LogP contribution in [0.25, 0.3) is 0 Å². The monoisotopic (exact) mass is 551 g/mol. The molecule has 0 unspecified atom stereocenters. The van der Waals surface area contributed by atoms with E-state index in [1.807, 2.05) is 13.8 Å². The summed E-state index contributed by atoms with van der Waals surface area (Å²) in [6.45, 7) is 3.72. The first-order valence-corrected chi connectivity index (χ1v) is 11.7. The molecule has 9 nitrogen and oxygen atoms in total. The molecule has 38 heavy (non-hydrogen) atoms. The normalized spacial score (nSPS) is 13.4. The van der Waals surface area contributed by atoms with Gasteiger partial charge in [0.2, 0.25) is 5.95 Å². The number of alkyl halides is 3. The molecule has 0 saturated heterocycles. The quantitative estimate of drug-likeness (QED) is 0.322. The van der Waals surface area contributed by atoms with Crippen LogP contribution in [0.15, 0.2) is 42.6 Å². The van der Waals surface area contributed by atoms with Gasteiger partial charge in [-0.05, 0) is 50.2 Å². The number of hydrogen-bond donors (Lipinski definition) is 3. The van der Waals surface area contributed by atoms with Crippen molar-refractivity contribution < 1.29 is 27.2 Å². The summed E-state index contributed by atoms with van der Waals surface area (Å²) in [5, 5.41) is 6.80. The van der Waals surface area contributed by atoms with E-state index in [1.165, 1.54) is 28.0 Å². The zero-order valence-corrected chi connectivity index (χ0v) is 21.1. The van der Waals surface area contributed by atoms with E-state index in [9.17, 15) is 27.2 Å². The van der Waals surface area contributed by atoms with E-state index in [-0.39, 0.29) is 29.6 Å². The van der Waals surface area contributed by atoms with Gasteiger partial charge >= 0.3 is 18.2 Å². The summed E-state index contributed by atoms with van der Waals surface area (Å²) in [6, 6.07) is 4.84. The van der Waals surface area contributed by atoms with Gasteiger partial charge in [-0.3, -0.25) is 9.80 Å². The predicted molar refractivity (Wildman–Crippen MR) is 136 cm³/mol. The van der Waals surface area contributed by atoms with Crippen LogP contribution in [0, 0.1) is 5.82 Å². The Morgan fingerprint density at radius 2 is 1.87 bits per heavy atom. The molecular formula is C24H22ClF4N7O2. The number of halogens is 5. The van der Waals surface area contributed by atoms with E-state index in [0.717, 1.165) is 12.1 Å². The van der Waals surface area contributed by atoms with E-state index < -0.39 is 34.6 Å². The topological polar surface area (TPSA) is 102 Å². The maximum absolute atomic E-state index is 14.6. The van der Waals surface area contributed by atoms with Crippen LogP contribution in [0.5, 0.6) is 0 Å². The highest BCUT2D eigenvalue weighted by molar-refractivity contribution is 6.31. The summed E-state index contributed by atoms with van der Waals surface area (Å²) in [7, 11) is 1.66. The number of amides is 4. The highest BCUT2D eigenvalue weighted by atomic mass is 35.5. The van der Waals surface area contributed by atoms with E-state index in [1.54, 1.807) is 13.2 Å². The summed E-state index contributed by atoms with van der Waals surface area (Å²) in [5.74, 6) is -0.0249. The highest BCUT2D eigenvalue weighted by Gasteiger charge is 2.35. The minimum atomic E-state index is -4.73. The number of carbonyl (C=O) groups is 2.